The van der Waals surface area contributed by atoms with Gasteiger partial charge in [0, 0.05) is 6.07 Å². The van der Waals surface area contributed by atoms with Crippen molar-refractivity contribution in [1.82, 2.24) is 9.97 Å². The molecule has 0 spiro atoms. The van der Waals surface area contributed by atoms with Crippen LogP contribution in [0.4, 0.5) is 0 Å². The first-order chi connectivity index (χ1) is 10.8. The molecule has 0 aliphatic heterocycles. The first-order valence-electron chi connectivity index (χ1n) is 5.62. The fourth-order valence-electron chi connectivity index (χ4n) is 1.27. The van der Waals surface area contributed by atoms with Gasteiger partial charge < -0.3 is 14.9 Å². The molecule has 0 saturated heterocycles. The van der Waals surface area contributed by atoms with Gasteiger partial charge in [0.25, 0.3) is 0 Å². The molecule has 118 valence electrons. The van der Waals surface area contributed by atoms with Gasteiger partial charge in [-0.15, -0.1) is 0 Å². The van der Waals surface area contributed by atoms with E-state index in [9.17, 15) is 5.11 Å². The number of hydrogen-bond acceptors (Lipinski definition) is 7. The summed E-state index contributed by atoms with van der Waals surface area (Å²) in [4.78, 5) is 7.45. The van der Waals surface area contributed by atoms with Crippen molar-refractivity contribution in [1.29, 1.82) is 10.5 Å². The van der Waals surface area contributed by atoms with Crippen molar-refractivity contribution in [3.05, 3.63) is 37.2 Å². The molecule has 2 rings (SSSR count). The molecule has 23 heavy (non-hydrogen) atoms. The van der Waals surface area contributed by atoms with E-state index in [1.165, 1.54) is 13.2 Å². The maximum atomic E-state index is 9.28. The van der Waals surface area contributed by atoms with Crippen molar-refractivity contribution in [2.75, 3.05) is 7.11 Å². The first-order valence-corrected chi connectivity index (χ1v) is 8.00. The third-order valence-corrected chi connectivity index (χ3v) is 3.69. The van der Waals surface area contributed by atoms with E-state index in [2.05, 4.69) is 57.8 Å². The summed E-state index contributed by atoms with van der Waals surface area (Å²) in [6, 6.07) is 6.54. The Morgan fingerprint density at radius 1 is 0.957 bits per heavy atom. The number of pyridine rings is 2. The Morgan fingerprint density at radius 2 is 1.43 bits per heavy atom. The molecule has 2 N–H and O–H groups in total. The highest BCUT2D eigenvalue weighted by Crippen LogP contribution is 2.30. The van der Waals surface area contributed by atoms with Crippen LogP contribution in [0, 0.1) is 22.7 Å². The summed E-state index contributed by atoms with van der Waals surface area (Å²) in [7, 11) is 1.41. The van der Waals surface area contributed by atoms with Gasteiger partial charge in [0.2, 0.25) is 0 Å². The van der Waals surface area contributed by atoms with Crippen molar-refractivity contribution in [3.8, 4) is 29.4 Å². The van der Waals surface area contributed by atoms with Crippen LogP contribution < -0.4 is 4.74 Å². The largest absolute Gasteiger partial charge is 0.504 e. The monoisotopic (exact) mass is 504 g/mol. The first kappa shape index (κ1) is 19.2. The molecule has 0 atom stereocenters. The van der Waals surface area contributed by atoms with E-state index in [0.717, 1.165) is 0 Å². The fraction of sp³-hybridized carbons (Fsp3) is 0.0769. The third-order valence-electron chi connectivity index (χ3n) is 2.27. The summed E-state index contributed by atoms with van der Waals surface area (Å²) in [6.07, 6.45) is 0. The number of nitrogens with zero attached hydrogens (tertiary/aromatic N) is 4. The molecule has 0 radical (unpaired) electrons. The van der Waals surface area contributed by atoms with Crippen LogP contribution in [0.15, 0.2) is 25.8 Å². The smallest absolute Gasteiger partial charge is 0.195 e. The summed E-state index contributed by atoms with van der Waals surface area (Å²) >= 11 is 9.23. The lowest BCUT2D eigenvalue weighted by Crippen LogP contribution is -1.90. The molecule has 2 aromatic heterocycles. The van der Waals surface area contributed by atoms with Gasteiger partial charge in [0.05, 0.1) is 11.6 Å². The van der Waals surface area contributed by atoms with E-state index in [1.807, 2.05) is 0 Å². The topological polar surface area (TPSA) is 123 Å². The highest BCUT2D eigenvalue weighted by Gasteiger charge is 2.10. The molecule has 0 aliphatic rings. The zero-order valence-corrected chi connectivity index (χ0v) is 16.1. The zero-order valence-electron chi connectivity index (χ0n) is 11.4. The Balaban J connectivity index is 0.000000231. The molecule has 0 saturated carbocycles. The maximum Gasteiger partial charge on any atom is 0.195 e. The lowest BCUT2D eigenvalue weighted by molar-refractivity contribution is 0.370. The molecular weight excluding hydrogens is 500 g/mol. The van der Waals surface area contributed by atoms with Crippen molar-refractivity contribution >= 4 is 47.8 Å². The van der Waals surface area contributed by atoms with Crippen LogP contribution in [-0.4, -0.2) is 27.3 Å². The van der Waals surface area contributed by atoms with E-state index < -0.39 is 0 Å². The quantitative estimate of drug-likeness (QED) is 0.566. The van der Waals surface area contributed by atoms with Crippen molar-refractivity contribution < 1.29 is 14.9 Å². The van der Waals surface area contributed by atoms with Crippen LogP contribution >= 0.6 is 47.8 Å². The van der Waals surface area contributed by atoms with E-state index in [4.69, 9.17) is 20.4 Å². The highest BCUT2D eigenvalue weighted by molar-refractivity contribution is 9.11. The molecule has 0 bridgehead atoms. The SMILES string of the molecule is COc1cc(Br)nc(C#N)c1O.N#Cc1nc(Br)cc(Br)c1O. The van der Waals surface area contributed by atoms with Crippen LogP contribution in [-0.2, 0) is 0 Å². The highest BCUT2D eigenvalue weighted by atomic mass is 79.9. The third kappa shape index (κ3) is 5.06. The number of halogens is 3. The molecule has 2 aromatic rings. The summed E-state index contributed by atoms with van der Waals surface area (Å²) in [5, 5.41) is 35.4. The van der Waals surface area contributed by atoms with Crippen molar-refractivity contribution in [2.24, 2.45) is 0 Å². The number of hydrogen-bond donors (Lipinski definition) is 2. The minimum absolute atomic E-state index is 0.00579. The molecule has 2 heterocycles. The summed E-state index contributed by atoms with van der Waals surface area (Å²) in [5.41, 5.74) is -0.0486. The van der Waals surface area contributed by atoms with Gasteiger partial charge in [-0.3, -0.25) is 0 Å². The zero-order chi connectivity index (χ0) is 17.6. The van der Waals surface area contributed by atoms with Crippen LogP contribution in [0.25, 0.3) is 0 Å². The number of nitriles is 2. The van der Waals surface area contributed by atoms with Gasteiger partial charge in [-0.2, -0.15) is 10.5 Å². The number of ether oxygens (including phenoxy) is 1. The molecule has 0 unspecified atom stereocenters. The maximum absolute atomic E-state index is 9.28. The number of methoxy groups -OCH3 is 1. The second-order valence-corrected chi connectivity index (χ2v) is 6.17. The van der Waals surface area contributed by atoms with E-state index in [-0.39, 0.29) is 28.6 Å². The molecular formula is C13H7Br3N4O3. The summed E-state index contributed by atoms with van der Waals surface area (Å²) in [6.45, 7) is 0. The second-order valence-electron chi connectivity index (χ2n) is 3.69. The Morgan fingerprint density at radius 3 is 1.91 bits per heavy atom. The van der Waals surface area contributed by atoms with Gasteiger partial charge in [0.15, 0.2) is 28.6 Å². The predicted molar refractivity (Wildman–Crippen MR) is 90.9 cm³/mol. The average Bonchev–Trinajstić information content (AvgIpc) is 2.53. The molecule has 10 heteroatoms. The fourth-order valence-corrected chi connectivity index (χ4v) is 2.78. The lowest BCUT2D eigenvalue weighted by Gasteiger charge is -2.03. The van der Waals surface area contributed by atoms with Crippen LogP contribution in [0.5, 0.6) is 17.2 Å². The Bertz CT molecular complexity index is 816. The molecule has 0 fully saturated rings. The van der Waals surface area contributed by atoms with Crippen molar-refractivity contribution in [3.63, 3.8) is 0 Å². The van der Waals surface area contributed by atoms with E-state index in [1.54, 1.807) is 18.2 Å². The van der Waals surface area contributed by atoms with E-state index in [0.29, 0.717) is 13.7 Å². The Kier molecular flexibility index (Phi) is 7.23. The van der Waals surface area contributed by atoms with E-state index >= 15 is 0 Å². The Labute approximate surface area is 156 Å². The molecule has 0 aromatic carbocycles. The van der Waals surface area contributed by atoms with Gasteiger partial charge in [-0.05, 0) is 53.9 Å². The summed E-state index contributed by atoms with van der Waals surface area (Å²) in [5.74, 6) is -0.132. The number of aromatic nitrogens is 2. The van der Waals surface area contributed by atoms with Gasteiger partial charge >= 0.3 is 0 Å². The minimum Gasteiger partial charge on any atom is -0.504 e. The van der Waals surface area contributed by atoms with Gasteiger partial charge in [-0.25, -0.2) is 9.97 Å². The van der Waals surface area contributed by atoms with Crippen LogP contribution in [0.2, 0.25) is 0 Å². The molecule has 7 nitrogen and oxygen atoms in total. The van der Waals surface area contributed by atoms with Gasteiger partial charge in [0.1, 0.15) is 21.3 Å². The predicted octanol–water partition coefficient (Wildman–Crippen LogP) is 3.61. The molecule has 0 aliphatic carbocycles. The average molecular weight is 507 g/mol. The summed E-state index contributed by atoms with van der Waals surface area (Å²) < 4.78 is 6.22. The second kappa shape index (κ2) is 8.67. The van der Waals surface area contributed by atoms with Crippen LogP contribution in [0.3, 0.4) is 0 Å². The van der Waals surface area contributed by atoms with Gasteiger partial charge in [-0.1, -0.05) is 0 Å². The number of aromatic hydroxyl groups is 2. The normalized spacial score (nSPS) is 9.13. The standard InChI is InChI=1S/C7H5BrN2O2.C6H2Br2N2O/c1-12-5-2-6(8)10-4(3-9)7(5)11;7-3-1-5(8)10-4(2-9)6(3)11/h2,11H,1H3;1,11H. The molecule has 0 amide bonds. The number of rotatable bonds is 1. The Hall–Kier alpha value is -1.88. The lowest BCUT2D eigenvalue weighted by atomic mass is 10.3. The van der Waals surface area contributed by atoms with Crippen LogP contribution in [0.1, 0.15) is 11.4 Å². The minimum atomic E-state index is -0.233. The van der Waals surface area contributed by atoms with Crippen molar-refractivity contribution in [2.45, 2.75) is 0 Å².